The molecule has 0 saturated carbocycles. The van der Waals surface area contributed by atoms with Gasteiger partial charge in [-0.25, -0.2) is 0 Å². The second kappa shape index (κ2) is 5.35. The van der Waals surface area contributed by atoms with Gasteiger partial charge in [0.25, 0.3) is 0 Å². The van der Waals surface area contributed by atoms with Gasteiger partial charge in [0.2, 0.25) is 0 Å². The quantitative estimate of drug-likeness (QED) is 0.940. The standard InChI is InChI=1S/C13H13ClN2O2S/c14-10-5-8(12-6-13(15)16-18-12)1-2-11(10)17-9-3-4-19-7-9/h1-2,5-6,9H,3-4,7H2,(H2,15,16). The van der Waals surface area contributed by atoms with E-state index in [2.05, 4.69) is 5.16 Å². The fourth-order valence-electron chi connectivity index (χ4n) is 1.96. The van der Waals surface area contributed by atoms with E-state index in [1.165, 1.54) is 0 Å². The monoisotopic (exact) mass is 296 g/mol. The van der Waals surface area contributed by atoms with Gasteiger partial charge in [-0.15, -0.1) is 0 Å². The fraction of sp³-hybridized carbons (Fsp3) is 0.308. The lowest BCUT2D eigenvalue weighted by Gasteiger charge is -2.14. The Kier molecular flexibility index (Phi) is 3.57. The van der Waals surface area contributed by atoms with Crippen LogP contribution in [0.25, 0.3) is 11.3 Å². The van der Waals surface area contributed by atoms with Crippen molar-refractivity contribution in [3.05, 3.63) is 29.3 Å². The zero-order chi connectivity index (χ0) is 13.2. The van der Waals surface area contributed by atoms with E-state index < -0.39 is 0 Å². The maximum absolute atomic E-state index is 6.24. The molecule has 2 heterocycles. The lowest BCUT2D eigenvalue weighted by Crippen LogP contribution is -2.14. The Hall–Kier alpha value is -1.33. The van der Waals surface area contributed by atoms with Gasteiger partial charge in [0.05, 0.1) is 5.02 Å². The Morgan fingerprint density at radius 1 is 1.42 bits per heavy atom. The number of nitrogens with zero attached hydrogens (tertiary/aromatic N) is 1. The molecule has 4 nitrogen and oxygen atoms in total. The second-order valence-electron chi connectivity index (χ2n) is 4.36. The van der Waals surface area contributed by atoms with Crippen LogP contribution in [0.15, 0.2) is 28.8 Å². The molecule has 0 aliphatic carbocycles. The predicted octanol–water partition coefficient (Wildman–Crippen LogP) is 3.46. The van der Waals surface area contributed by atoms with Gasteiger partial charge in [0.1, 0.15) is 11.9 Å². The molecular formula is C13H13ClN2O2S. The Morgan fingerprint density at radius 3 is 2.95 bits per heavy atom. The Balaban J connectivity index is 1.81. The van der Waals surface area contributed by atoms with Gasteiger partial charge in [0.15, 0.2) is 11.6 Å². The van der Waals surface area contributed by atoms with Crippen LogP contribution in [0.2, 0.25) is 5.02 Å². The van der Waals surface area contributed by atoms with Crippen LogP contribution in [0.4, 0.5) is 5.82 Å². The summed E-state index contributed by atoms with van der Waals surface area (Å²) < 4.78 is 11.0. The summed E-state index contributed by atoms with van der Waals surface area (Å²) in [5.41, 5.74) is 6.36. The molecule has 1 unspecified atom stereocenters. The van der Waals surface area contributed by atoms with Crippen LogP contribution in [-0.4, -0.2) is 22.8 Å². The summed E-state index contributed by atoms with van der Waals surface area (Å²) >= 11 is 8.14. The minimum atomic E-state index is 0.259. The second-order valence-corrected chi connectivity index (χ2v) is 5.92. The number of thioether (sulfide) groups is 1. The van der Waals surface area contributed by atoms with Gasteiger partial charge in [0, 0.05) is 17.4 Å². The lowest BCUT2D eigenvalue weighted by molar-refractivity contribution is 0.229. The minimum absolute atomic E-state index is 0.259. The number of hydrogen-bond donors (Lipinski definition) is 1. The van der Waals surface area contributed by atoms with Gasteiger partial charge in [-0.3, -0.25) is 0 Å². The molecule has 2 N–H and O–H groups in total. The minimum Gasteiger partial charge on any atom is -0.488 e. The van der Waals surface area contributed by atoms with E-state index in [0.29, 0.717) is 22.4 Å². The molecule has 1 saturated heterocycles. The topological polar surface area (TPSA) is 61.3 Å². The first kappa shape index (κ1) is 12.7. The third-order valence-corrected chi connectivity index (χ3v) is 4.35. The molecule has 1 aromatic heterocycles. The van der Waals surface area contributed by atoms with Crippen molar-refractivity contribution in [2.75, 3.05) is 17.2 Å². The van der Waals surface area contributed by atoms with Crippen LogP contribution in [-0.2, 0) is 0 Å². The molecule has 19 heavy (non-hydrogen) atoms. The average Bonchev–Trinajstić information content (AvgIpc) is 3.03. The first-order valence-electron chi connectivity index (χ1n) is 5.99. The van der Waals surface area contributed by atoms with Crippen LogP contribution >= 0.6 is 23.4 Å². The van der Waals surface area contributed by atoms with E-state index in [1.807, 2.05) is 23.9 Å². The number of benzene rings is 1. The summed E-state index contributed by atoms with van der Waals surface area (Å²) in [5, 5.41) is 4.23. The van der Waals surface area contributed by atoms with Crippen molar-refractivity contribution >= 4 is 29.2 Å². The summed E-state index contributed by atoms with van der Waals surface area (Å²) in [6.07, 6.45) is 1.33. The molecule has 0 amide bonds. The van der Waals surface area contributed by atoms with E-state index in [4.69, 9.17) is 26.6 Å². The van der Waals surface area contributed by atoms with Crippen LogP contribution in [0.5, 0.6) is 5.75 Å². The van der Waals surface area contributed by atoms with Crippen LogP contribution in [0, 0.1) is 0 Å². The van der Waals surface area contributed by atoms with Crippen LogP contribution < -0.4 is 10.5 Å². The molecular weight excluding hydrogens is 284 g/mol. The first-order valence-corrected chi connectivity index (χ1v) is 7.52. The SMILES string of the molecule is Nc1cc(-c2ccc(OC3CCSC3)c(Cl)c2)on1. The number of ether oxygens (including phenoxy) is 1. The van der Waals surface area contributed by atoms with Crippen molar-refractivity contribution in [1.82, 2.24) is 5.16 Å². The van der Waals surface area contributed by atoms with Crippen LogP contribution in [0.1, 0.15) is 6.42 Å². The summed E-state index contributed by atoms with van der Waals surface area (Å²) in [5.74, 6) is 3.84. The van der Waals surface area contributed by atoms with Gasteiger partial charge < -0.3 is 15.0 Å². The van der Waals surface area contributed by atoms with Gasteiger partial charge in [-0.2, -0.15) is 11.8 Å². The number of nitrogens with two attached hydrogens (primary N) is 1. The average molecular weight is 297 g/mol. The van der Waals surface area contributed by atoms with E-state index in [1.54, 1.807) is 12.1 Å². The maximum Gasteiger partial charge on any atom is 0.169 e. The molecule has 0 bridgehead atoms. The van der Waals surface area contributed by atoms with Crippen molar-refractivity contribution < 1.29 is 9.26 Å². The maximum atomic E-state index is 6.24. The highest BCUT2D eigenvalue weighted by Gasteiger charge is 2.18. The van der Waals surface area contributed by atoms with E-state index in [-0.39, 0.29) is 6.10 Å². The number of aromatic nitrogens is 1. The van der Waals surface area contributed by atoms with Crippen molar-refractivity contribution in [3.63, 3.8) is 0 Å². The summed E-state index contributed by atoms with van der Waals surface area (Å²) in [4.78, 5) is 0. The highest BCUT2D eigenvalue weighted by molar-refractivity contribution is 7.99. The molecule has 100 valence electrons. The number of hydrogen-bond acceptors (Lipinski definition) is 5. The first-order chi connectivity index (χ1) is 9.22. The smallest absolute Gasteiger partial charge is 0.169 e. The molecule has 1 atom stereocenters. The van der Waals surface area contributed by atoms with Crippen LogP contribution in [0.3, 0.4) is 0 Å². The van der Waals surface area contributed by atoms with Crippen molar-refractivity contribution in [2.24, 2.45) is 0 Å². The molecule has 3 rings (SSSR count). The molecule has 2 aromatic rings. The number of nitrogen functional groups attached to an aromatic ring is 1. The number of rotatable bonds is 3. The Bertz CT molecular complexity index is 582. The largest absolute Gasteiger partial charge is 0.488 e. The summed E-state index contributed by atoms with van der Waals surface area (Å²) in [6.45, 7) is 0. The van der Waals surface area contributed by atoms with Gasteiger partial charge in [-0.05, 0) is 30.4 Å². The zero-order valence-electron chi connectivity index (χ0n) is 10.1. The third kappa shape index (κ3) is 2.82. The highest BCUT2D eigenvalue weighted by Crippen LogP contribution is 2.33. The van der Waals surface area contributed by atoms with Crippen molar-refractivity contribution in [1.29, 1.82) is 0 Å². The van der Waals surface area contributed by atoms with E-state index in [9.17, 15) is 0 Å². The highest BCUT2D eigenvalue weighted by atomic mass is 35.5. The molecule has 0 radical (unpaired) electrons. The Morgan fingerprint density at radius 2 is 2.32 bits per heavy atom. The van der Waals surface area contributed by atoms with E-state index >= 15 is 0 Å². The van der Waals surface area contributed by atoms with Gasteiger partial charge in [-0.1, -0.05) is 16.8 Å². The van der Waals surface area contributed by atoms with Crippen molar-refractivity contribution in [2.45, 2.75) is 12.5 Å². The molecule has 6 heteroatoms. The predicted molar refractivity (Wildman–Crippen MR) is 77.7 cm³/mol. The summed E-state index contributed by atoms with van der Waals surface area (Å²) in [6, 6.07) is 7.22. The normalized spacial score (nSPS) is 18.7. The number of halogens is 1. The molecule has 1 aromatic carbocycles. The van der Waals surface area contributed by atoms with E-state index in [0.717, 1.165) is 23.5 Å². The number of anilines is 1. The third-order valence-electron chi connectivity index (χ3n) is 2.93. The molecule has 0 spiro atoms. The fourth-order valence-corrected chi connectivity index (χ4v) is 3.28. The summed E-state index contributed by atoms with van der Waals surface area (Å²) in [7, 11) is 0. The zero-order valence-corrected chi connectivity index (χ0v) is 11.7. The lowest BCUT2D eigenvalue weighted by atomic mass is 10.1. The Labute approximate surface area is 120 Å². The molecule has 1 fully saturated rings. The molecule has 1 aliphatic rings. The molecule has 1 aliphatic heterocycles. The van der Waals surface area contributed by atoms with Crippen molar-refractivity contribution in [3.8, 4) is 17.1 Å². The van der Waals surface area contributed by atoms with Gasteiger partial charge >= 0.3 is 0 Å².